The summed E-state index contributed by atoms with van der Waals surface area (Å²) in [6.07, 6.45) is 0.295. The van der Waals surface area contributed by atoms with E-state index in [0.29, 0.717) is 30.0 Å². The van der Waals surface area contributed by atoms with E-state index in [-0.39, 0.29) is 40.3 Å². The number of aliphatic carboxylic acids is 1. The number of aliphatic hydroxyl groups excluding tert-OH is 1. The number of aromatic carboxylic acids is 1. The zero-order valence-electron chi connectivity index (χ0n) is 18.7. The maximum absolute atomic E-state index is 12.8. The summed E-state index contributed by atoms with van der Waals surface area (Å²) < 4.78 is 0. The lowest BCUT2D eigenvalue weighted by molar-refractivity contribution is -0.163. The van der Waals surface area contributed by atoms with E-state index in [1.807, 2.05) is 6.92 Å². The highest BCUT2D eigenvalue weighted by Gasteiger charge is 2.60. The highest BCUT2D eigenvalue weighted by atomic mass is 32.2. The topological polar surface area (TPSA) is 156 Å². The lowest BCUT2D eigenvalue weighted by atomic mass is 9.79. The first-order valence-electron chi connectivity index (χ1n) is 11.1. The van der Waals surface area contributed by atoms with Crippen LogP contribution in [-0.2, 0) is 14.4 Å². The molecule has 0 unspecified atom stereocenters. The third kappa shape index (κ3) is 4.30. The standard InChI is InChI=1S/C23H27N3O7S/c1-10-17-16(11(2)27)21(29)26(17)18(23(32)33)19(10)34-14-6-7-24-15(9-14)20(28)25-13-5-3-4-12(8-13)22(30)31/h3-5,8,10-11,14-17,24,27H,6-7,9H2,1-2H3,(H,25,28)(H,30,31)(H,32,33)/t10-,11-,14-,15+,16-,17-/m1/s1. The Bertz CT molecular complexity index is 1070. The van der Waals surface area contributed by atoms with Gasteiger partial charge in [0, 0.05) is 21.8 Å². The Kier molecular flexibility index (Phi) is 6.70. The first-order valence-corrected chi connectivity index (χ1v) is 12.0. The fraction of sp³-hybridized carbons (Fsp3) is 0.478. The van der Waals surface area contributed by atoms with Crippen molar-refractivity contribution in [2.45, 2.75) is 50.1 Å². The van der Waals surface area contributed by atoms with Gasteiger partial charge in [0.2, 0.25) is 11.8 Å². The summed E-state index contributed by atoms with van der Waals surface area (Å²) in [6.45, 7) is 3.97. The van der Waals surface area contributed by atoms with Gasteiger partial charge < -0.3 is 30.9 Å². The molecule has 2 saturated heterocycles. The molecule has 5 N–H and O–H groups in total. The average molecular weight is 490 g/mol. The van der Waals surface area contributed by atoms with Gasteiger partial charge in [-0.3, -0.25) is 9.59 Å². The molecule has 0 saturated carbocycles. The van der Waals surface area contributed by atoms with Crippen molar-refractivity contribution in [2.24, 2.45) is 11.8 Å². The van der Waals surface area contributed by atoms with E-state index in [1.54, 1.807) is 19.1 Å². The van der Waals surface area contributed by atoms with Gasteiger partial charge in [-0.15, -0.1) is 11.8 Å². The molecule has 1 aromatic carbocycles. The highest BCUT2D eigenvalue weighted by Crippen LogP contribution is 2.52. The highest BCUT2D eigenvalue weighted by molar-refractivity contribution is 8.03. The number of fused-ring (bicyclic) bond motifs is 1. The predicted octanol–water partition coefficient (Wildman–Crippen LogP) is 1.33. The maximum Gasteiger partial charge on any atom is 0.353 e. The fourth-order valence-corrected chi connectivity index (χ4v) is 6.54. The molecule has 34 heavy (non-hydrogen) atoms. The molecule has 6 atom stereocenters. The number of carbonyl (C=O) groups excluding carboxylic acids is 2. The third-order valence-electron chi connectivity index (χ3n) is 6.65. The molecule has 3 aliphatic heterocycles. The monoisotopic (exact) mass is 489 g/mol. The smallest absolute Gasteiger partial charge is 0.353 e. The second kappa shape index (κ2) is 9.40. The summed E-state index contributed by atoms with van der Waals surface area (Å²) in [6, 6.07) is 5.09. The van der Waals surface area contributed by atoms with E-state index in [9.17, 15) is 29.4 Å². The van der Waals surface area contributed by atoms with Crippen LogP contribution in [0, 0.1) is 11.8 Å². The van der Waals surface area contributed by atoms with Crippen LogP contribution in [0.5, 0.6) is 0 Å². The number of piperidine rings is 1. The van der Waals surface area contributed by atoms with Gasteiger partial charge in [0.25, 0.3) is 0 Å². The molecule has 2 fully saturated rings. The lowest BCUT2D eigenvalue weighted by Crippen LogP contribution is -2.63. The predicted molar refractivity (Wildman–Crippen MR) is 124 cm³/mol. The van der Waals surface area contributed by atoms with Crippen LogP contribution < -0.4 is 10.6 Å². The summed E-state index contributed by atoms with van der Waals surface area (Å²) in [5, 5.41) is 34.8. The summed E-state index contributed by atoms with van der Waals surface area (Å²) >= 11 is 1.40. The molecule has 182 valence electrons. The van der Waals surface area contributed by atoms with Crippen molar-refractivity contribution >= 4 is 41.2 Å². The first-order chi connectivity index (χ1) is 16.1. The molecule has 2 amide bonds. The number of amides is 2. The van der Waals surface area contributed by atoms with Crippen molar-refractivity contribution < 1.29 is 34.5 Å². The Balaban J connectivity index is 1.46. The molecule has 0 bridgehead atoms. The zero-order valence-corrected chi connectivity index (χ0v) is 19.5. The Morgan fingerprint density at radius 3 is 2.62 bits per heavy atom. The van der Waals surface area contributed by atoms with Gasteiger partial charge >= 0.3 is 11.9 Å². The van der Waals surface area contributed by atoms with Crippen LogP contribution in [0.3, 0.4) is 0 Å². The van der Waals surface area contributed by atoms with Gasteiger partial charge in [-0.1, -0.05) is 13.0 Å². The van der Waals surface area contributed by atoms with Crippen LogP contribution in [0.25, 0.3) is 0 Å². The number of carboxylic acid groups (broad SMARTS) is 2. The summed E-state index contributed by atoms with van der Waals surface area (Å²) in [7, 11) is 0. The molecule has 0 aliphatic carbocycles. The summed E-state index contributed by atoms with van der Waals surface area (Å²) in [5.74, 6) is -3.77. The second-order valence-corrected chi connectivity index (χ2v) is 10.3. The molecule has 3 aliphatic rings. The molecule has 10 nitrogen and oxygen atoms in total. The number of benzene rings is 1. The number of nitrogens with zero attached hydrogens (tertiary/aromatic N) is 1. The third-order valence-corrected chi connectivity index (χ3v) is 8.23. The molecule has 11 heteroatoms. The van der Waals surface area contributed by atoms with Gasteiger partial charge in [-0.2, -0.15) is 0 Å². The van der Waals surface area contributed by atoms with Crippen LogP contribution >= 0.6 is 11.8 Å². The van der Waals surface area contributed by atoms with E-state index < -0.39 is 30.0 Å². The quantitative estimate of drug-likeness (QED) is 0.357. The number of carbonyl (C=O) groups is 4. The number of hydrogen-bond acceptors (Lipinski definition) is 7. The Morgan fingerprint density at radius 2 is 1.97 bits per heavy atom. The van der Waals surface area contributed by atoms with Crippen molar-refractivity contribution in [2.75, 3.05) is 11.9 Å². The van der Waals surface area contributed by atoms with Gasteiger partial charge in [0.1, 0.15) is 5.70 Å². The molecule has 3 heterocycles. The number of β-lactam (4-membered cyclic amide) rings is 1. The number of hydrogen-bond donors (Lipinski definition) is 5. The molecule has 0 spiro atoms. The first kappa shape index (κ1) is 24.2. The van der Waals surface area contributed by atoms with Crippen molar-refractivity contribution in [3.8, 4) is 0 Å². The number of carboxylic acids is 2. The van der Waals surface area contributed by atoms with Crippen molar-refractivity contribution in [1.29, 1.82) is 0 Å². The Labute approximate surface area is 200 Å². The normalized spacial score (nSPS) is 29.3. The minimum Gasteiger partial charge on any atom is -0.478 e. The van der Waals surface area contributed by atoms with Crippen molar-refractivity contribution in [3.05, 3.63) is 40.4 Å². The number of nitrogens with one attached hydrogen (secondary N) is 2. The van der Waals surface area contributed by atoms with Gasteiger partial charge in [0.05, 0.1) is 29.7 Å². The molecule has 1 aromatic rings. The van der Waals surface area contributed by atoms with Crippen molar-refractivity contribution in [1.82, 2.24) is 10.2 Å². The van der Waals surface area contributed by atoms with E-state index in [2.05, 4.69) is 10.6 Å². The van der Waals surface area contributed by atoms with Crippen molar-refractivity contribution in [3.63, 3.8) is 0 Å². The zero-order chi connectivity index (χ0) is 24.7. The van der Waals surface area contributed by atoms with Crippen LogP contribution in [-0.4, -0.2) is 74.0 Å². The second-order valence-electron chi connectivity index (χ2n) is 8.92. The van der Waals surface area contributed by atoms with E-state index in [0.717, 1.165) is 0 Å². The number of aliphatic hydroxyl groups is 1. The summed E-state index contributed by atoms with van der Waals surface area (Å²) in [4.78, 5) is 50.4. The molecular formula is C23H27N3O7S. The average Bonchev–Trinajstić information content (AvgIpc) is 3.02. The van der Waals surface area contributed by atoms with Crippen LogP contribution in [0.4, 0.5) is 5.69 Å². The van der Waals surface area contributed by atoms with Gasteiger partial charge in [-0.25, -0.2) is 9.59 Å². The largest absolute Gasteiger partial charge is 0.478 e. The van der Waals surface area contributed by atoms with Crippen LogP contribution in [0.1, 0.15) is 37.0 Å². The van der Waals surface area contributed by atoms with E-state index in [4.69, 9.17) is 5.11 Å². The Morgan fingerprint density at radius 1 is 1.24 bits per heavy atom. The van der Waals surface area contributed by atoms with Crippen LogP contribution in [0.15, 0.2) is 34.9 Å². The molecule has 4 rings (SSSR count). The maximum atomic E-state index is 12.8. The number of anilines is 1. The van der Waals surface area contributed by atoms with E-state index in [1.165, 1.54) is 28.8 Å². The van der Waals surface area contributed by atoms with Gasteiger partial charge in [0.15, 0.2) is 0 Å². The fourth-order valence-electron chi connectivity index (χ4n) is 5.01. The molecule has 0 aromatic heterocycles. The SMILES string of the molecule is C[C@@H](O)[C@H]1C(=O)N2C(C(=O)O)=C(S[C@@H]3CCN[C@H](C(=O)Nc4cccc(C(=O)O)c4)C3)[C@H](C)[C@H]12. The van der Waals surface area contributed by atoms with Gasteiger partial charge in [-0.05, 0) is 44.5 Å². The minimum absolute atomic E-state index is 0.0191. The Hall–Kier alpha value is -2.89. The van der Waals surface area contributed by atoms with E-state index >= 15 is 0 Å². The summed E-state index contributed by atoms with van der Waals surface area (Å²) in [5.41, 5.74) is 0.434. The van der Waals surface area contributed by atoms with Crippen LogP contribution in [0.2, 0.25) is 0 Å². The number of rotatable bonds is 7. The minimum atomic E-state index is -1.17. The number of thioether (sulfide) groups is 1. The molecular weight excluding hydrogens is 462 g/mol. The lowest BCUT2D eigenvalue weighted by Gasteiger charge is -2.46. The molecule has 0 radical (unpaired) electrons.